The molecule has 0 aliphatic rings. The van der Waals surface area contributed by atoms with Gasteiger partial charge in [0.05, 0.1) is 6.10 Å². The highest BCUT2D eigenvalue weighted by molar-refractivity contribution is 6.07. The number of benzene rings is 2. The van der Waals surface area contributed by atoms with Crippen molar-refractivity contribution in [2.24, 2.45) is 0 Å². The number of aromatic amines is 1. The molecule has 0 amide bonds. The number of hydrogen-bond donors (Lipinski definition) is 2. The Morgan fingerprint density at radius 1 is 1.21 bits per heavy atom. The molecule has 0 spiro atoms. The standard InChI is InChI=1S/C23H21NO5/c1-12-20(14(3)25)13(2)24-22(12)23(27)28-11-16-10-19(26)29-18-9-8-15-6-4-5-7-17(15)21(16)18/h4-10,14,24-25H,11H2,1-3H3/t14-/m0/s1. The minimum Gasteiger partial charge on any atom is -0.456 e. The number of aliphatic hydroxyl groups excluding tert-OH is 1. The zero-order valence-corrected chi connectivity index (χ0v) is 16.4. The van der Waals surface area contributed by atoms with E-state index in [0.29, 0.717) is 28.0 Å². The van der Waals surface area contributed by atoms with Gasteiger partial charge in [-0.1, -0.05) is 30.3 Å². The van der Waals surface area contributed by atoms with E-state index >= 15 is 0 Å². The summed E-state index contributed by atoms with van der Waals surface area (Å²) in [5, 5.41) is 12.6. The van der Waals surface area contributed by atoms with Crippen LogP contribution in [0.2, 0.25) is 0 Å². The third kappa shape index (κ3) is 3.32. The van der Waals surface area contributed by atoms with Gasteiger partial charge in [0.15, 0.2) is 0 Å². The van der Waals surface area contributed by atoms with Gasteiger partial charge in [-0.3, -0.25) is 0 Å². The third-order valence-corrected chi connectivity index (χ3v) is 5.19. The van der Waals surface area contributed by atoms with E-state index in [1.165, 1.54) is 6.07 Å². The van der Waals surface area contributed by atoms with Crippen LogP contribution in [-0.2, 0) is 11.3 Å². The van der Waals surface area contributed by atoms with E-state index in [1.807, 2.05) is 30.3 Å². The van der Waals surface area contributed by atoms with Crippen molar-refractivity contribution in [1.29, 1.82) is 0 Å². The number of carbonyl (C=O) groups excluding carboxylic acids is 1. The molecular formula is C23H21NO5. The minimum absolute atomic E-state index is 0.0730. The molecule has 2 N–H and O–H groups in total. The smallest absolute Gasteiger partial charge is 0.355 e. The van der Waals surface area contributed by atoms with Crippen molar-refractivity contribution in [3.63, 3.8) is 0 Å². The molecule has 1 atom stereocenters. The quantitative estimate of drug-likeness (QED) is 0.307. The normalized spacial score (nSPS) is 12.4. The lowest BCUT2D eigenvalue weighted by Crippen LogP contribution is -2.09. The predicted molar refractivity (Wildman–Crippen MR) is 110 cm³/mol. The van der Waals surface area contributed by atoms with Gasteiger partial charge in [-0.25, -0.2) is 9.59 Å². The largest absolute Gasteiger partial charge is 0.456 e. The Labute approximate surface area is 166 Å². The van der Waals surface area contributed by atoms with Gasteiger partial charge in [-0.2, -0.15) is 0 Å². The van der Waals surface area contributed by atoms with Crippen LogP contribution in [0, 0.1) is 13.8 Å². The number of aryl methyl sites for hydroxylation is 1. The van der Waals surface area contributed by atoms with Crippen LogP contribution in [0.25, 0.3) is 21.7 Å². The predicted octanol–water partition coefficient (Wildman–Crippen LogP) is 4.30. The zero-order chi connectivity index (χ0) is 20.7. The number of esters is 1. The third-order valence-electron chi connectivity index (χ3n) is 5.19. The fraction of sp³-hybridized carbons (Fsp3) is 0.217. The van der Waals surface area contributed by atoms with E-state index in [0.717, 1.165) is 21.9 Å². The first kappa shape index (κ1) is 19.0. The Hall–Kier alpha value is -3.38. The average Bonchev–Trinajstić information content (AvgIpc) is 2.99. The Morgan fingerprint density at radius 2 is 1.97 bits per heavy atom. The lowest BCUT2D eigenvalue weighted by molar-refractivity contribution is 0.0466. The van der Waals surface area contributed by atoms with E-state index < -0.39 is 17.7 Å². The molecule has 4 rings (SSSR count). The Kier molecular flexibility index (Phi) is 4.72. The Bertz CT molecular complexity index is 1300. The van der Waals surface area contributed by atoms with E-state index in [9.17, 15) is 14.7 Å². The number of aliphatic hydroxyl groups is 1. The molecule has 0 aliphatic heterocycles. The zero-order valence-electron chi connectivity index (χ0n) is 16.4. The van der Waals surface area contributed by atoms with Crippen LogP contribution in [0.1, 0.15) is 45.9 Å². The molecular weight excluding hydrogens is 370 g/mol. The van der Waals surface area contributed by atoms with E-state index in [-0.39, 0.29) is 6.61 Å². The summed E-state index contributed by atoms with van der Waals surface area (Å²) in [5.74, 6) is -0.542. The van der Waals surface area contributed by atoms with Crippen LogP contribution in [0.4, 0.5) is 0 Å². The number of nitrogens with one attached hydrogen (secondary N) is 1. The van der Waals surface area contributed by atoms with Crippen LogP contribution < -0.4 is 5.63 Å². The van der Waals surface area contributed by atoms with Crippen molar-refractivity contribution in [2.75, 3.05) is 0 Å². The van der Waals surface area contributed by atoms with Crippen molar-refractivity contribution in [1.82, 2.24) is 4.98 Å². The molecule has 0 aliphatic carbocycles. The number of fused-ring (bicyclic) bond motifs is 3. The number of rotatable bonds is 4. The van der Waals surface area contributed by atoms with Gasteiger partial charge in [0, 0.05) is 28.3 Å². The number of hydrogen-bond acceptors (Lipinski definition) is 5. The maximum atomic E-state index is 12.7. The van der Waals surface area contributed by atoms with Gasteiger partial charge in [0.1, 0.15) is 17.9 Å². The van der Waals surface area contributed by atoms with Crippen LogP contribution in [-0.4, -0.2) is 16.1 Å². The Morgan fingerprint density at radius 3 is 2.69 bits per heavy atom. The number of ether oxygens (including phenoxy) is 1. The highest BCUT2D eigenvalue weighted by atomic mass is 16.5. The summed E-state index contributed by atoms with van der Waals surface area (Å²) in [4.78, 5) is 27.7. The molecule has 2 aromatic carbocycles. The van der Waals surface area contributed by atoms with Crippen LogP contribution >= 0.6 is 0 Å². The maximum Gasteiger partial charge on any atom is 0.355 e. The van der Waals surface area contributed by atoms with Crippen LogP contribution in [0.3, 0.4) is 0 Å². The van der Waals surface area contributed by atoms with Gasteiger partial charge in [0.2, 0.25) is 0 Å². The minimum atomic E-state index is -0.693. The fourth-order valence-corrected chi connectivity index (χ4v) is 3.94. The molecule has 0 saturated carbocycles. The number of carbonyl (C=O) groups is 1. The summed E-state index contributed by atoms with van der Waals surface area (Å²) in [7, 11) is 0. The van der Waals surface area contributed by atoms with Crippen molar-refractivity contribution in [2.45, 2.75) is 33.5 Å². The summed E-state index contributed by atoms with van der Waals surface area (Å²) in [6.45, 7) is 5.14. The monoisotopic (exact) mass is 391 g/mol. The molecule has 0 saturated heterocycles. The number of aromatic nitrogens is 1. The summed E-state index contributed by atoms with van der Waals surface area (Å²) in [6.07, 6.45) is -0.693. The van der Waals surface area contributed by atoms with E-state index in [2.05, 4.69) is 4.98 Å². The van der Waals surface area contributed by atoms with Gasteiger partial charge in [0.25, 0.3) is 0 Å². The lowest BCUT2D eigenvalue weighted by atomic mass is 10.0. The second kappa shape index (κ2) is 7.22. The van der Waals surface area contributed by atoms with E-state index in [1.54, 1.807) is 26.8 Å². The second-order valence-electron chi connectivity index (χ2n) is 7.17. The molecule has 0 radical (unpaired) electrons. The SMILES string of the molecule is Cc1[nH]c(C(=O)OCc2cc(=O)oc3ccc4ccccc4c23)c(C)c1[C@H](C)O. The number of H-pyrrole nitrogens is 1. The molecule has 6 heteroatoms. The van der Waals surface area contributed by atoms with Crippen LogP contribution in [0.5, 0.6) is 0 Å². The first-order valence-corrected chi connectivity index (χ1v) is 9.35. The summed E-state index contributed by atoms with van der Waals surface area (Å²) < 4.78 is 10.9. The molecule has 148 valence electrons. The lowest BCUT2D eigenvalue weighted by Gasteiger charge is -2.10. The molecule has 6 nitrogen and oxygen atoms in total. The molecule has 29 heavy (non-hydrogen) atoms. The summed E-state index contributed by atoms with van der Waals surface area (Å²) in [6, 6.07) is 12.7. The maximum absolute atomic E-state index is 12.7. The molecule has 2 heterocycles. The molecule has 0 bridgehead atoms. The van der Waals surface area contributed by atoms with Crippen molar-refractivity contribution >= 4 is 27.7 Å². The summed E-state index contributed by atoms with van der Waals surface area (Å²) >= 11 is 0. The molecule has 0 unspecified atom stereocenters. The van der Waals surface area contributed by atoms with Gasteiger partial charge < -0.3 is 19.2 Å². The van der Waals surface area contributed by atoms with Gasteiger partial charge >= 0.3 is 11.6 Å². The fourth-order valence-electron chi connectivity index (χ4n) is 3.94. The highest BCUT2D eigenvalue weighted by Gasteiger charge is 2.21. The van der Waals surface area contributed by atoms with Crippen molar-refractivity contribution < 1.29 is 19.1 Å². The highest BCUT2D eigenvalue weighted by Crippen LogP contribution is 2.29. The van der Waals surface area contributed by atoms with Crippen molar-refractivity contribution in [3.8, 4) is 0 Å². The first-order chi connectivity index (χ1) is 13.9. The molecule has 2 aromatic heterocycles. The average molecular weight is 391 g/mol. The summed E-state index contributed by atoms with van der Waals surface area (Å²) in [5.41, 5.74) is 2.90. The van der Waals surface area contributed by atoms with E-state index in [4.69, 9.17) is 9.15 Å². The molecule has 4 aromatic rings. The van der Waals surface area contributed by atoms with Gasteiger partial charge in [-0.05, 0) is 43.2 Å². The first-order valence-electron chi connectivity index (χ1n) is 9.35. The second-order valence-corrected chi connectivity index (χ2v) is 7.17. The molecule has 0 fully saturated rings. The Balaban J connectivity index is 1.72. The topological polar surface area (TPSA) is 92.5 Å². The van der Waals surface area contributed by atoms with Crippen molar-refractivity contribution in [3.05, 3.63) is 81.0 Å². The van der Waals surface area contributed by atoms with Gasteiger partial charge in [-0.15, -0.1) is 0 Å². The van der Waals surface area contributed by atoms with Crippen LogP contribution in [0.15, 0.2) is 51.7 Å².